The number of aromatic nitrogens is 3. The van der Waals surface area contributed by atoms with E-state index in [1.165, 1.54) is 0 Å². The van der Waals surface area contributed by atoms with Crippen molar-refractivity contribution in [3.8, 4) is 11.1 Å². The number of fused-ring (bicyclic) bond motifs is 1. The number of nitrogens with one attached hydrogen (secondary N) is 1. The van der Waals surface area contributed by atoms with Crippen molar-refractivity contribution in [2.24, 2.45) is 12.0 Å². The third-order valence-corrected chi connectivity index (χ3v) is 4.71. The minimum Gasteiger partial charge on any atom is -0.354 e. The highest BCUT2D eigenvalue weighted by Crippen LogP contribution is 2.27. The summed E-state index contributed by atoms with van der Waals surface area (Å²) in [6.07, 6.45) is 3.75. The van der Waals surface area contributed by atoms with Crippen LogP contribution >= 0.6 is 0 Å². The number of allylic oxidation sites excluding steroid dienone is 1. The highest BCUT2D eigenvalue weighted by molar-refractivity contribution is 5.87. The molecule has 0 saturated carbocycles. The average Bonchev–Trinajstić information content (AvgIpc) is 2.76. The van der Waals surface area contributed by atoms with Crippen LogP contribution in [0.2, 0.25) is 0 Å². The fourth-order valence-corrected chi connectivity index (χ4v) is 3.34. The second kappa shape index (κ2) is 10.7. The number of aryl methyl sites for hydroxylation is 2. The van der Waals surface area contributed by atoms with Gasteiger partial charge in [-0.1, -0.05) is 32.1 Å². The Morgan fingerprint density at radius 1 is 1.19 bits per heavy atom. The molecule has 1 N–H and O–H groups in total. The average molecular weight is 420 g/mol. The van der Waals surface area contributed by atoms with Crippen LogP contribution in [0.4, 0.5) is 5.95 Å². The van der Waals surface area contributed by atoms with E-state index in [4.69, 9.17) is 0 Å². The number of anilines is 1. The molecule has 0 amide bonds. The van der Waals surface area contributed by atoms with Crippen LogP contribution in [0.1, 0.15) is 52.7 Å². The smallest absolute Gasteiger partial charge is 0.259 e. The summed E-state index contributed by atoms with van der Waals surface area (Å²) in [5.41, 5.74) is 6.06. The molecule has 6 nitrogen and oxygen atoms in total. The maximum Gasteiger partial charge on any atom is 0.259 e. The quantitative estimate of drug-likeness (QED) is 0.546. The van der Waals surface area contributed by atoms with Gasteiger partial charge in [0, 0.05) is 42.0 Å². The van der Waals surface area contributed by atoms with Gasteiger partial charge in [0.2, 0.25) is 5.95 Å². The Kier molecular flexibility index (Phi) is 8.25. The summed E-state index contributed by atoms with van der Waals surface area (Å²) in [6, 6.07) is 7.95. The molecule has 2 heterocycles. The summed E-state index contributed by atoms with van der Waals surface area (Å²) < 4.78 is 1.59. The standard InChI is InChI=1S/C23H27N5O.C2H6/c1-7-20(26-14(3)4)16-9-10-18(15(5)11-16)19-12-17-13-25-23(24-8-2)27-21(17)28(6)22(19)29;1-2/h7,9-13H,8H2,1-6H3,(H,24,25,27);1-2H3/b20-7-;. The Hall–Kier alpha value is -3.28. The van der Waals surface area contributed by atoms with Gasteiger partial charge in [0.15, 0.2) is 0 Å². The third-order valence-electron chi connectivity index (χ3n) is 4.71. The Labute approximate surface area is 184 Å². The van der Waals surface area contributed by atoms with Gasteiger partial charge in [0.1, 0.15) is 5.65 Å². The fraction of sp³-hybridized carbons (Fsp3) is 0.360. The van der Waals surface area contributed by atoms with Crippen LogP contribution in [0.25, 0.3) is 27.9 Å². The van der Waals surface area contributed by atoms with E-state index in [2.05, 4.69) is 26.3 Å². The molecule has 3 aromatic rings. The van der Waals surface area contributed by atoms with Gasteiger partial charge >= 0.3 is 0 Å². The van der Waals surface area contributed by atoms with Crippen LogP contribution in [0.15, 0.2) is 46.3 Å². The Bertz CT molecular complexity index is 1180. The monoisotopic (exact) mass is 419 g/mol. The second-order valence-electron chi connectivity index (χ2n) is 7.19. The van der Waals surface area contributed by atoms with E-state index in [-0.39, 0.29) is 5.56 Å². The Morgan fingerprint density at radius 2 is 1.90 bits per heavy atom. The predicted molar refractivity (Wildman–Crippen MR) is 133 cm³/mol. The molecule has 0 aliphatic heterocycles. The molecular formula is C25H33N5O. The molecule has 0 aliphatic rings. The van der Waals surface area contributed by atoms with Crippen molar-refractivity contribution < 1.29 is 0 Å². The van der Waals surface area contributed by atoms with E-state index in [0.717, 1.165) is 40.0 Å². The second-order valence-corrected chi connectivity index (χ2v) is 7.19. The number of rotatable bonds is 5. The minimum atomic E-state index is -0.0804. The number of benzene rings is 1. The van der Waals surface area contributed by atoms with E-state index in [1.807, 2.05) is 72.7 Å². The molecule has 6 heteroatoms. The number of pyridine rings is 1. The highest BCUT2D eigenvalue weighted by Gasteiger charge is 2.14. The summed E-state index contributed by atoms with van der Waals surface area (Å²) in [4.78, 5) is 26.5. The van der Waals surface area contributed by atoms with Gasteiger partial charge in [0.05, 0.1) is 5.70 Å². The van der Waals surface area contributed by atoms with Crippen LogP contribution in [0.3, 0.4) is 0 Å². The summed E-state index contributed by atoms with van der Waals surface area (Å²) >= 11 is 0. The lowest BCUT2D eigenvalue weighted by atomic mass is 9.97. The van der Waals surface area contributed by atoms with Crippen molar-refractivity contribution in [3.05, 3.63) is 58.0 Å². The molecule has 1 aromatic carbocycles. The van der Waals surface area contributed by atoms with Crippen molar-refractivity contribution >= 4 is 28.4 Å². The first-order chi connectivity index (χ1) is 14.8. The number of hydrogen-bond acceptors (Lipinski definition) is 5. The number of nitrogens with zero attached hydrogens (tertiary/aromatic N) is 4. The van der Waals surface area contributed by atoms with Crippen LogP contribution in [0, 0.1) is 6.92 Å². The van der Waals surface area contributed by atoms with Crippen LogP contribution in [-0.2, 0) is 7.05 Å². The first-order valence-electron chi connectivity index (χ1n) is 10.8. The topological polar surface area (TPSA) is 72.2 Å². The van der Waals surface area contributed by atoms with Crippen LogP contribution < -0.4 is 10.9 Å². The maximum absolute atomic E-state index is 13.1. The Balaban J connectivity index is 0.00000166. The molecule has 0 unspecified atom stereocenters. The minimum absolute atomic E-state index is 0.0804. The van der Waals surface area contributed by atoms with Gasteiger partial charge in [0.25, 0.3) is 5.56 Å². The van der Waals surface area contributed by atoms with Crippen molar-refractivity contribution in [2.45, 2.75) is 48.5 Å². The SMILES string of the molecule is C/C=C(\N=C(C)C)c1ccc(-c2cc3cnc(NCC)nc3n(C)c2=O)c(C)c1.CC. The van der Waals surface area contributed by atoms with Gasteiger partial charge in [-0.2, -0.15) is 4.98 Å². The Morgan fingerprint density at radius 3 is 2.48 bits per heavy atom. The lowest BCUT2D eigenvalue weighted by Crippen LogP contribution is -2.20. The lowest BCUT2D eigenvalue weighted by molar-refractivity contribution is 0.885. The molecule has 164 valence electrons. The third kappa shape index (κ3) is 5.26. The van der Waals surface area contributed by atoms with Gasteiger partial charge in [-0.15, -0.1) is 0 Å². The number of hydrogen-bond donors (Lipinski definition) is 1. The molecule has 31 heavy (non-hydrogen) atoms. The molecular weight excluding hydrogens is 386 g/mol. The fourth-order valence-electron chi connectivity index (χ4n) is 3.34. The maximum atomic E-state index is 13.1. The molecule has 0 radical (unpaired) electrons. The molecule has 0 aliphatic carbocycles. The van der Waals surface area contributed by atoms with E-state index >= 15 is 0 Å². The molecule has 0 saturated heterocycles. The summed E-state index contributed by atoms with van der Waals surface area (Å²) in [5, 5.41) is 3.91. The molecule has 2 aromatic heterocycles. The van der Waals surface area contributed by atoms with Crippen molar-refractivity contribution in [1.29, 1.82) is 0 Å². The number of aliphatic imine (C=N–C) groups is 1. The molecule has 0 atom stereocenters. The van der Waals surface area contributed by atoms with E-state index in [9.17, 15) is 4.79 Å². The van der Waals surface area contributed by atoms with Gasteiger partial charge in [-0.05, 0) is 57.9 Å². The molecule has 0 fully saturated rings. The van der Waals surface area contributed by atoms with E-state index < -0.39 is 0 Å². The largest absolute Gasteiger partial charge is 0.354 e. The van der Waals surface area contributed by atoms with Gasteiger partial charge < -0.3 is 5.32 Å². The highest BCUT2D eigenvalue weighted by atomic mass is 16.1. The summed E-state index contributed by atoms with van der Waals surface area (Å²) in [7, 11) is 1.75. The summed E-state index contributed by atoms with van der Waals surface area (Å²) in [5.74, 6) is 0.522. The van der Waals surface area contributed by atoms with E-state index in [1.54, 1.807) is 17.8 Å². The van der Waals surface area contributed by atoms with Crippen LogP contribution in [0.5, 0.6) is 0 Å². The van der Waals surface area contributed by atoms with Crippen molar-refractivity contribution in [2.75, 3.05) is 11.9 Å². The van der Waals surface area contributed by atoms with Crippen molar-refractivity contribution in [3.63, 3.8) is 0 Å². The molecule has 3 rings (SSSR count). The van der Waals surface area contributed by atoms with E-state index in [0.29, 0.717) is 17.2 Å². The zero-order valence-corrected chi connectivity index (χ0v) is 19.9. The lowest BCUT2D eigenvalue weighted by Gasteiger charge is -2.12. The molecule has 0 bridgehead atoms. The first-order valence-corrected chi connectivity index (χ1v) is 10.8. The molecule has 0 spiro atoms. The van der Waals surface area contributed by atoms with Gasteiger partial charge in [-0.25, -0.2) is 4.98 Å². The summed E-state index contributed by atoms with van der Waals surface area (Å²) in [6.45, 7) is 14.7. The first kappa shape index (κ1) is 24.0. The zero-order valence-electron chi connectivity index (χ0n) is 19.9. The van der Waals surface area contributed by atoms with Gasteiger partial charge in [-0.3, -0.25) is 14.4 Å². The normalized spacial score (nSPS) is 11.0. The zero-order chi connectivity index (χ0) is 23.1. The van der Waals surface area contributed by atoms with Crippen LogP contribution in [-0.4, -0.2) is 26.8 Å². The predicted octanol–water partition coefficient (Wildman–Crippen LogP) is 5.60. The van der Waals surface area contributed by atoms with Crippen molar-refractivity contribution in [1.82, 2.24) is 14.5 Å².